The van der Waals surface area contributed by atoms with E-state index in [0.29, 0.717) is 18.6 Å². The van der Waals surface area contributed by atoms with E-state index in [1.807, 2.05) is 18.2 Å². The van der Waals surface area contributed by atoms with Crippen molar-refractivity contribution in [1.29, 1.82) is 0 Å². The quantitative estimate of drug-likeness (QED) is 0.484. The van der Waals surface area contributed by atoms with E-state index in [9.17, 15) is 0 Å². The molecule has 1 aromatic rings. The molecule has 98 valence electrons. The first-order chi connectivity index (χ1) is 8.33. The summed E-state index contributed by atoms with van der Waals surface area (Å²) in [6.07, 6.45) is 3.31. The first-order valence-corrected chi connectivity index (χ1v) is 6.14. The number of hydrogen-bond acceptors (Lipinski definition) is 2. The number of nitrogens with zero attached hydrogens (tertiary/aromatic N) is 1. The van der Waals surface area contributed by atoms with Gasteiger partial charge in [0.15, 0.2) is 5.96 Å². The van der Waals surface area contributed by atoms with E-state index in [4.69, 9.17) is 10.5 Å². The van der Waals surface area contributed by atoms with Crippen LogP contribution in [0.15, 0.2) is 29.3 Å². The summed E-state index contributed by atoms with van der Waals surface area (Å²) in [6, 6.07) is 8.73. The van der Waals surface area contributed by atoms with Crippen molar-refractivity contribution in [3.63, 3.8) is 0 Å². The van der Waals surface area contributed by atoms with Crippen molar-refractivity contribution in [2.75, 3.05) is 6.61 Å². The molecule has 5 heteroatoms. The summed E-state index contributed by atoms with van der Waals surface area (Å²) in [5.41, 5.74) is 7.04. The van der Waals surface area contributed by atoms with Crippen LogP contribution >= 0.6 is 24.0 Å². The monoisotopic (exact) mass is 359 g/mol. The van der Waals surface area contributed by atoms with Gasteiger partial charge in [0.2, 0.25) is 0 Å². The smallest absolute Gasteiger partial charge is 0.189 e. The molecular weight excluding hydrogens is 341 g/mol. The van der Waals surface area contributed by atoms with Crippen LogP contribution in [0.3, 0.4) is 0 Å². The average Bonchev–Trinajstić information content (AvgIpc) is 3.13. The molecule has 2 aliphatic rings. The summed E-state index contributed by atoms with van der Waals surface area (Å²) < 4.78 is 5.60. The van der Waals surface area contributed by atoms with Gasteiger partial charge < -0.3 is 15.8 Å². The first-order valence-electron chi connectivity index (χ1n) is 6.14. The number of aliphatic imine (C=N–C) groups is 1. The molecule has 3 N–H and O–H groups in total. The highest BCUT2D eigenvalue weighted by molar-refractivity contribution is 14.0. The molecule has 1 atom stereocenters. The lowest BCUT2D eigenvalue weighted by atomic mass is 10.0. The van der Waals surface area contributed by atoms with Crippen LogP contribution in [-0.2, 0) is 0 Å². The minimum absolute atomic E-state index is 0. The van der Waals surface area contributed by atoms with E-state index >= 15 is 0 Å². The maximum Gasteiger partial charge on any atom is 0.189 e. The van der Waals surface area contributed by atoms with Crippen molar-refractivity contribution in [1.82, 2.24) is 5.32 Å². The van der Waals surface area contributed by atoms with E-state index < -0.39 is 0 Å². The molecule has 1 heterocycles. The molecule has 0 saturated heterocycles. The third-order valence-corrected chi connectivity index (χ3v) is 3.15. The molecule has 0 aromatic heterocycles. The largest absolute Gasteiger partial charge is 0.493 e. The van der Waals surface area contributed by atoms with Crippen LogP contribution in [0.25, 0.3) is 0 Å². The van der Waals surface area contributed by atoms with Crippen molar-refractivity contribution >= 4 is 29.9 Å². The van der Waals surface area contributed by atoms with Gasteiger partial charge in [-0.1, -0.05) is 18.2 Å². The maximum absolute atomic E-state index is 5.90. The van der Waals surface area contributed by atoms with Gasteiger partial charge in [-0.3, -0.25) is 0 Å². The fourth-order valence-corrected chi connectivity index (χ4v) is 2.10. The van der Waals surface area contributed by atoms with Gasteiger partial charge in [-0.2, -0.15) is 0 Å². The number of ether oxygens (including phenoxy) is 1. The summed E-state index contributed by atoms with van der Waals surface area (Å²) in [5.74, 6) is 1.50. The second-order valence-electron chi connectivity index (χ2n) is 4.62. The van der Waals surface area contributed by atoms with Crippen molar-refractivity contribution in [2.24, 2.45) is 10.7 Å². The Morgan fingerprint density at radius 1 is 1.28 bits per heavy atom. The molecule has 0 radical (unpaired) electrons. The molecule has 1 aliphatic heterocycles. The standard InChI is InChI=1S/C13H17N3O.HI/c14-13(15-9-5-6-9)16-11-7-8-17-12-4-2-1-3-10(11)12;/h1-4,9,11H,5-8H2,(H3,14,15,16);1H. The van der Waals surface area contributed by atoms with E-state index in [1.165, 1.54) is 12.8 Å². The Kier molecular flexibility index (Phi) is 4.31. The molecule has 0 bridgehead atoms. The SMILES string of the molecule is I.NC(=NC1CCOc2ccccc21)NC1CC1. The van der Waals surface area contributed by atoms with Gasteiger partial charge in [-0.05, 0) is 18.9 Å². The fraction of sp³-hybridized carbons (Fsp3) is 0.462. The van der Waals surface area contributed by atoms with Crippen LogP contribution < -0.4 is 15.8 Å². The van der Waals surface area contributed by atoms with Gasteiger partial charge in [0.25, 0.3) is 0 Å². The van der Waals surface area contributed by atoms with Crippen molar-refractivity contribution in [3.8, 4) is 5.75 Å². The number of hydrogen-bond donors (Lipinski definition) is 2. The number of rotatable bonds is 2. The van der Waals surface area contributed by atoms with E-state index in [2.05, 4.69) is 16.4 Å². The van der Waals surface area contributed by atoms with Gasteiger partial charge in [0.1, 0.15) is 5.75 Å². The number of nitrogens with one attached hydrogen (secondary N) is 1. The molecule has 3 rings (SSSR count). The van der Waals surface area contributed by atoms with Crippen LogP contribution in [0.2, 0.25) is 0 Å². The number of nitrogens with two attached hydrogens (primary N) is 1. The van der Waals surface area contributed by atoms with E-state index in [0.717, 1.165) is 17.7 Å². The maximum atomic E-state index is 5.90. The lowest BCUT2D eigenvalue weighted by Crippen LogP contribution is -2.34. The zero-order valence-corrected chi connectivity index (χ0v) is 12.5. The molecule has 0 spiro atoms. The van der Waals surface area contributed by atoms with E-state index in [1.54, 1.807) is 0 Å². The number of halogens is 1. The summed E-state index contributed by atoms with van der Waals surface area (Å²) in [7, 11) is 0. The average molecular weight is 359 g/mol. The van der Waals surface area contributed by atoms with Crippen LogP contribution in [0.1, 0.15) is 30.9 Å². The van der Waals surface area contributed by atoms with Crippen molar-refractivity contribution in [2.45, 2.75) is 31.3 Å². The Morgan fingerprint density at radius 3 is 2.83 bits per heavy atom. The number of fused-ring (bicyclic) bond motifs is 1. The fourth-order valence-electron chi connectivity index (χ4n) is 2.10. The molecule has 1 aromatic carbocycles. The van der Waals surface area contributed by atoms with Crippen LogP contribution in [0, 0.1) is 0 Å². The van der Waals surface area contributed by atoms with Crippen molar-refractivity contribution in [3.05, 3.63) is 29.8 Å². The Balaban J connectivity index is 0.00000120. The number of benzene rings is 1. The first kappa shape index (κ1) is 13.5. The highest BCUT2D eigenvalue weighted by Gasteiger charge is 2.24. The molecule has 1 fully saturated rings. The van der Waals surface area contributed by atoms with Gasteiger partial charge in [-0.25, -0.2) is 4.99 Å². The number of para-hydroxylation sites is 1. The zero-order chi connectivity index (χ0) is 11.7. The zero-order valence-electron chi connectivity index (χ0n) is 10.1. The molecular formula is C13H18IN3O. The summed E-state index contributed by atoms with van der Waals surface area (Å²) in [4.78, 5) is 4.56. The van der Waals surface area contributed by atoms with Gasteiger partial charge in [0, 0.05) is 18.0 Å². The van der Waals surface area contributed by atoms with Crippen LogP contribution in [0.4, 0.5) is 0 Å². The summed E-state index contributed by atoms with van der Waals surface area (Å²) in [6.45, 7) is 0.710. The van der Waals surface area contributed by atoms with E-state index in [-0.39, 0.29) is 30.0 Å². The lowest BCUT2D eigenvalue weighted by molar-refractivity contribution is 0.269. The number of guanidine groups is 1. The summed E-state index contributed by atoms with van der Waals surface area (Å²) in [5, 5.41) is 3.22. The minimum atomic E-state index is 0. The van der Waals surface area contributed by atoms with Gasteiger partial charge in [0.05, 0.1) is 12.6 Å². The second-order valence-corrected chi connectivity index (χ2v) is 4.62. The molecule has 18 heavy (non-hydrogen) atoms. The molecule has 0 amide bonds. The lowest BCUT2D eigenvalue weighted by Gasteiger charge is -2.23. The second kappa shape index (κ2) is 5.77. The van der Waals surface area contributed by atoms with Gasteiger partial charge in [-0.15, -0.1) is 24.0 Å². The summed E-state index contributed by atoms with van der Waals surface area (Å²) >= 11 is 0. The Hall–Kier alpha value is -0.980. The molecule has 1 unspecified atom stereocenters. The van der Waals surface area contributed by atoms with Crippen LogP contribution in [-0.4, -0.2) is 18.6 Å². The Morgan fingerprint density at radius 2 is 2.06 bits per heavy atom. The third kappa shape index (κ3) is 3.07. The molecule has 1 saturated carbocycles. The molecule has 4 nitrogen and oxygen atoms in total. The highest BCUT2D eigenvalue weighted by atomic mass is 127. The predicted octanol–water partition coefficient (Wildman–Crippen LogP) is 2.19. The third-order valence-electron chi connectivity index (χ3n) is 3.15. The minimum Gasteiger partial charge on any atom is -0.493 e. The molecule has 1 aliphatic carbocycles. The predicted molar refractivity (Wildman–Crippen MR) is 82.5 cm³/mol. The Labute approximate surface area is 124 Å². The highest BCUT2D eigenvalue weighted by Crippen LogP contribution is 2.34. The topological polar surface area (TPSA) is 59.6 Å². The van der Waals surface area contributed by atoms with Crippen LogP contribution in [0.5, 0.6) is 5.75 Å². The van der Waals surface area contributed by atoms with Crippen molar-refractivity contribution < 1.29 is 4.74 Å². The normalized spacial score (nSPS) is 22.4. The van der Waals surface area contributed by atoms with Gasteiger partial charge >= 0.3 is 0 Å². The Bertz CT molecular complexity index is 446.